The quantitative estimate of drug-likeness (QED) is 0.550. The van der Waals surface area contributed by atoms with Crippen LogP contribution in [0.15, 0.2) is 61.1 Å². The number of urea groups is 1. The topological polar surface area (TPSA) is 66.0 Å². The minimum atomic E-state index is 0.00988. The van der Waals surface area contributed by atoms with Crippen molar-refractivity contribution in [2.75, 3.05) is 13.1 Å². The van der Waals surface area contributed by atoms with Crippen molar-refractivity contribution in [3.63, 3.8) is 0 Å². The Bertz CT molecular complexity index is 1150. The Morgan fingerprint density at radius 3 is 2.97 bits per heavy atom. The number of likely N-dealkylation sites (tertiary alicyclic amines) is 1. The number of carbonyl (C=O) groups excluding carboxylic acids is 1. The van der Waals surface area contributed by atoms with Crippen LogP contribution in [0.5, 0.6) is 0 Å². The minimum Gasteiger partial charge on any atom is -0.346 e. The van der Waals surface area contributed by atoms with E-state index in [0.29, 0.717) is 19.0 Å². The monoisotopic (exact) mass is 387 g/mol. The second kappa shape index (κ2) is 7.28. The van der Waals surface area contributed by atoms with Crippen molar-refractivity contribution in [1.29, 1.82) is 0 Å². The molecule has 1 aliphatic heterocycles. The van der Waals surface area contributed by atoms with Crippen molar-refractivity contribution in [2.24, 2.45) is 5.92 Å². The van der Waals surface area contributed by atoms with Gasteiger partial charge >= 0.3 is 6.03 Å². The van der Waals surface area contributed by atoms with Gasteiger partial charge in [0.15, 0.2) is 0 Å². The summed E-state index contributed by atoms with van der Waals surface area (Å²) in [5, 5.41) is 5.34. The maximum Gasteiger partial charge on any atom is 0.317 e. The molecule has 148 valence electrons. The van der Waals surface area contributed by atoms with E-state index in [1.165, 1.54) is 5.52 Å². The largest absolute Gasteiger partial charge is 0.346 e. The normalized spacial score (nSPS) is 19.7. The molecule has 2 N–H and O–H groups in total. The molecular weight excluding hydrogens is 362 g/mol. The number of benzene rings is 1. The highest BCUT2D eigenvalue weighted by Crippen LogP contribution is 2.33. The molecule has 0 spiro atoms. The van der Waals surface area contributed by atoms with Gasteiger partial charge in [0.2, 0.25) is 0 Å². The van der Waals surface area contributed by atoms with Crippen LogP contribution in [0, 0.1) is 5.92 Å². The highest BCUT2D eigenvalue weighted by Gasteiger charge is 2.31. The van der Waals surface area contributed by atoms with Gasteiger partial charge in [-0.05, 0) is 30.0 Å². The zero-order chi connectivity index (χ0) is 19.8. The molecule has 1 saturated heterocycles. The Morgan fingerprint density at radius 1 is 1.24 bits per heavy atom. The summed E-state index contributed by atoms with van der Waals surface area (Å²) in [6, 6.07) is 14.5. The van der Waals surface area contributed by atoms with Crippen molar-refractivity contribution in [3.8, 4) is 0 Å². The first-order valence-corrected chi connectivity index (χ1v) is 10.2. The van der Waals surface area contributed by atoms with Gasteiger partial charge in [-0.1, -0.05) is 37.3 Å². The van der Waals surface area contributed by atoms with Crippen molar-refractivity contribution in [3.05, 3.63) is 66.6 Å². The lowest BCUT2D eigenvalue weighted by Gasteiger charge is -2.38. The van der Waals surface area contributed by atoms with E-state index >= 15 is 0 Å². The van der Waals surface area contributed by atoms with Gasteiger partial charge in [-0.25, -0.2) is 9.78 Å². The summed E-state index contributed by atoms with van der Waals surface area (Å²) in [6.07, 6.45) is 6.99. The van der Waals surface area contributed by atoms with Crippen molar-refractivity contribution < 1.29 is 4.79 Å². The van der Waals surface area contributed by atoms with Crippen molar-refractivity contribution in [1.82, 2.24) is 24.8 Å². The van der Waals surface area contributed by atoms with Crippen molar-refractivity contribution >= 4 is 28.0 Å². The van der Waals surface area contributed by atoms with E-state index in [0.717, 1.165) is 34.9 Å². The summed E-state index contributed by atoms with van der Waals surface area (Å²) >= 11 is 0. The highest BCUT2D eigenvalue weighted by molar-refractivity contribution is 6.02. The number of nitrogens with one attached hydrogen (secondary N) is 2. The van der Waals surface area contributed by atoms with E-state index in [4.69, 9.17) is 0 Å². The number of nitrogens with zero attached hydrogens (tertiary/aromatic N) is 3. The van der Waals surface area contributed by atoms with Crippen LogP contribution in [-0.2, 0) is 6.54 Å². The van der Waals surface area contributed by atoms with E-state index in [1.54, 1.807) is 0 Å². The van der Waals surface area contributed by atoms with Crippen molar-refractivity contribution in [2.45, 2.75) is 25.9 Å². The Kier molecular flexibility index (Phi) is 4.46. The van der Waals surface area contributed by atoms with Gasteiger partial charge in [0.25, 0.3) is 0 Å². The molecule has 4 aromatic rings. The predicted molar refractivity (Wildman–Crippen MR) is 115 cm³/mol. The van der Waals surface area contributed by atoms with Crippen LogP contribution in [-0.4, -0.2) is 38.6 Å². The SMILES string of the molecule is C[C@@H]1CCN(C(=O)NCc2ccccc2)C[C@@H]1n1ccc2cnc3[nH]ccc3c21. The third kappa shape index (κ3) is 3.24. The van der Waals surface area contributed by atoms with Gasteiger partial charge in [0, 0.05) is 49.0 Å². The van der Waals surface area contributed by atoms with E-state index in [-0.39, 0.29) is 12.1 Å². The molecule has 0 saturated carbocycles. The first kappa shape index (κ1) is 17.8. The van der Waals surface area contributed by atoms with Gasteiger partial charge < -0.3 is 19.8 Å². The maximum atomic E-state index is 12.8. The lowest BCUT2D eigenvalue weighted by Crippen LogP contribution is -2.47. The maximum absolute atomic E-state index is 12.8. The molecule has 3 aromatic heterocycles. The average molecular weight is 387 g/mol. The lowest BCUT2D eigenvalue weighted by atomic mass is 9.93. The fourth-order valence-corrected chi connectivity index (χ4v) is 4.41. The van der Waals surface area contributed by atoms with E-state index < -0.39 is 0 Å². The number of carbonyl (C=O) groups is 1. The number of aromatic amines is 1. The first-order valence-electron chi connectivity index (χ1n) is 10.2. The van der Waals surface area contributed by atoms with Gasteiger partial charge in [-0.3, -0.25) is 0 Å². The second-order valence-electron chi connectivity index (χ2n) is 7.95. The Balaban J connectivity index is 1.38. The molecule has 2 amide bonds. The number of pyridine rings is 1. The van der Waals surface area contributed by atoms with Crippen LogP contribution in [0.1, 0.15) is 24.9 Å². The molecule has 6 nitrogen and oxygen atoms in total. The molecule has 6 heteroatoms. The van der Waals surface area contributed by atoms with Gasteiger partial charge in [0.1, 0.15) is 5.65 Å². The fraction of sp³-hybridized carbons (Fsp3) is 0.304. The predicted octanol–water partition coefficient (Wildman–Crippen LogP) is 4.31. The molecule has 0 unspecified atom stereocenters. The van der Waals surface area contributed by atoms with Gasteiger partial charge in [-0.15, -0.1) is 0 Å². The van der Waals surface area contributed by atoms with Crippen LogP contribution in [0.4, 0.5) is 4.79 Å². The molecule has 2 atom stereocenters. The van der Waals surface area contributed by atoms with E-state index in [9.17, 15) is 4.79 Å². The zero-order valence-corrected chi connectivity index (χ0v) is 16.5. The summed E-state index contributed by atoms with van der Waals surface area (Å²) in [5.41, 5.74) is 3.21. The molecule has 0 bridgehead atoms. The van der Waals surface area contributed by atoms with Crippen LogP contribution in [0.2, 0.25) is 0 Å². The van der Waals surface area contributed by atoms with Crippen LogP contribution >= 0.6 is 0 Å². The molecule has 0 aliphatic carbocycles. The fourth-order valence-electron chi connectivity index (χ4n) is 4.41. The molecule has 5 rings (SSSR count). The molecule has 1 aliphatic rings. The number of piperidine rings is 1. The molecule has 1 aromatic carbocycles. The standard InChI is InChI=1S/C23H25N5O/c1-16-8-11-27(23(29)26-13-17-5-3-2-4-6-17)15-20(16)28-12-9-18-14-25-22-19(21(18)28)7-10-24-22/h2-7,9-10,12,14,16,20H,8,11,13,15H2,1H3,(H,24,25)(H,26,29)/t16-,20+/m1/s1. The van der Waals surface area contributed by atoms with Crippen LogP contribution in [0.25, 0.3) is 21.9 Å². The number of fused-ring (bicyclic) bond motifs is 3. The Hall–Kier alpha value is -3.28. The lowest BCUT2D eigenvalue weighted by molar-refractivity contribution is 0.141. The van der Waals surface area contributed by atoms with E-state index in [1.807, 2.05) is 47.6 Å². The number of aromatic nitrogens is 3. The smallest absolute Gasteiger partial charge is 0.317 e. The van der Waals surface area contributed by atoms with Crippen LogP contribution < -0.4 is 5.32 Å². The first-order chi connectivity index (χ1) is 14.2. The average Bonchev–Trinajstić information content (AvgIpc) is 3.39. The summed E-state index contributed by atoms with van der Waals surface area (Å²) in [7, 11) is 0. The molecular formula is C23H25N5O. The number of hydrogen-bond donors (Lipinski definition) is 2. The molecule has 4 heterocycles. The minimum absolute atomic E-state index is 0.00988. The van der Waals surface area contributed by atoms with Crippen LogP contribution in [0.3, 0.4) is 0 Å². The number of rotatable bonds is 3. The van der Waals surface area contributed by atoms with Gasteiger partial charge in [-0.2, -0.15) is 0 Å². The van der Waals surface area contributed by atoms with Gasteiger partial charge in [0.05, 0.1) is 11.6 Å². The zero-order valence-electron chi connectivity index (χ0n) is 16.5. The molecule has 1 fully saturated rings. The van der Waals surface area contributed by atoms with E-state index in [2.05, 4.69) is 45.1 Å². The summed E-state index contributed by atoms with van der Waals surface area (Å²) in [6.45, 7) is 4.34. The molecule has 0 radical (unpaired) electrons. The number of hydrogen-bond acceptors (Lipinski definition) is 2. The molecule has 29 heavy (non-hydrogen) atoms. The summed E-state index contributed by atoms with van der Waals surface area (Å²) in [5.74, 6) is 0.492. The number of H-pyrrole nitrogens is 1. The third-order valence-corrected chi connectivity index (χ3v) is 6.11. The highest BCUT2D eigenvalue weighted by atomic mass is 16.2. The Morgan fingerprint density at radius 2 is 2.10 bits per heavy atom. The third-order valence-electron chi connectivity index (χ3n) is 6.11. The summed E-state index contributed by atoms with van der Waals surface area (Å²) < 4.78 is 2.34. The Labute approximate surface area is 169 Å². The summed E-state index contributed by atoms with van der Waals surface area (Å²) in [4.78, 5) is 22.5. The second-order valence-corrected chi connectivity index (χ2v) is 7.95. The number of amides is 2.